The number of hydrogen-bond donors (Lipinski definition) is 1. The quantitative estimate of drug-likeness (QED) is 0.853. The second kappa shape index (κ2) is 6.46. The molecule has 0 saturated heterocycles. The van der Waals surface area contributed by atoms with E-state index in [1.807, 2.05) is 11.0 Å². The van der Waals surface area contributed by atoms with Gasteiger partial charge < -0.3 is 0 Å². The number of hydrogen-bond acceptors (Lipinski definition) is 4. The molecule has 0 aliphatic heterocycles. The first-order valence-electron chi connectivity index (χ1n) is 9.49. The summed E-state index contributed by atoms with van der Waals surface area (Å²) in [5.41, 5.74) is 1.96. The van der Waals surface area contributed by atoms with Crippen molar-refractivity contribution >= 4 is 0 Å². The normalized spacial score (nSPS) is 14.1. The monoisotopic (exact) mass is 360 g/mol. The van der Waals surface area contributed by atoms with Gasteiger partial charge in [0.15, 0.2) is 5.82 Å². The fourth-order valence-corrected chi connectivity index (χ4v) is 2.98. The molecule has 6 nitrogen and oxygen atoms in total. The van der Waals surface area contributed by atoms with E-state index in [9.17, 15) is 0 Å². The number of aromatic nitrogens is 6. The maximum Gasteiger partial charge on any atom is 0.156 e. The van der Waals surface area contributed by atoms with Crippen LogP contribution in [0.2, 0.25) is 0 Å². The average molecular weight is 361 g/mol. The molecule has 26 heavy (non-hydrogen) atoms. The highest BCUT2D eigenvalue weighted by Crippen LogP contribution is 2.37. The summed E-state index contributed by atoms with van der Waals surface area (Å²) in [5, 5.41) is 16.4. The SMILES string of the molecule is CC(C)(C)c1[nH]nnc1C(C)(C)CCC(C)(C)c1ncn(C(C)(C)C)n1. The van der Waals surface area contributed by atoms with Crippen molar-refractivity contribution in [3.63, 3.8) is 0 Å². The van der Waals surface area contributed by atoms with Gasteiger partial charge in [0, 0.05) is 16.2 Å². The number of aromatic amines is 1. The lowest BCUT2D eigenvalue weighted by atomic mass is 9.74. The second-order valence-corrected chi connectivity index (χ2v) is 10.7. The number of nitrogens with zero attached hydrogens (tertiary/aromatic N) is 5. The van der Waals surface area contributed by atoms with Crippen molar-refractivity contribution in [1.82, 2.24) is 30.2 Å². The molecule has 0 unspecified atom stereocenters. The smallest absolute Gasteiger partial charge is 0.156 e. The lowest BCUT2D eigenvalue weighted by Gasteiger charge is -2.31. The molecule has 6 heteroatoms. The molecule has 0 aliphatic rings. The minimum atomic E-state index is -0.0978. The van der Waals surface area contributed by atoms with E-state index in [0.717, 1.165) is 30.1 Å². The third kappa shape index (κ3) is 4.33. The second-order valence-electron chi connectivity index (χ2n) is 10.7. The predicted molar refractivity (Wildman–Crippen MR) is 105 cm³/mol. The summed E-state index contributed by atoms with van der Waals surface area (Å²) in [6.07, 6.45) is 3.81. The van der Waals surface area contributed by atoms with E-state index in [2.05, 4.69) is 89.6 Å². The van der Waals surface area contributed by atoms with Crippen molar-refractivity contribution < 1.29 is 0 Å². The van der Waals surface area contributed by atoms with Crippen molar-refractivity contribution in [2.24, 2.45) is 0 Å². The Balaban J connectivity index is 2.18. The van der Waals surface area contributed by atoms with Crippen LogP contribution in [0.1, 0.15) is 99.3 Å². The predicted octanol–water partition coefficient (Wildman–Crippen LogP) is 4.48. The standard InChI is InChI=1S/C20H36N6/c1-17(2,3)14-15(23-25-22-14)19(7,8)11-12-20(9,10)16-21-13-26(24-16)18(4,5)6/h13H,11-12H2,1-10H3,(H,22,23,25). The van der Waals surface area contributed by atoms with Gasteiger partial charge in [-0.1, -0.05) is 53.7 Å². The van der Waals surface area contributed by atoms with Crippen LogP contribution < -0.4 is 0 Å². The molecular weight excluding hydrogens is 324 g/mol. The lowest BCUT2D eigenvalue weighted by Crippen LogP contribution is -2.29. The van der Waals surface area contributed by atoms with Gasteiger partial charge >= 0.3 is 0 Å². The van der Waals surface area contributed by atoms with Crippen molar-refractivity contribution in [2.45, 2.75) is 104 Å². The van der Waals surface area contributed by atoms with Gasteiger partial charge in [-0.2, -0.15) is 5.10 Å². The molecule has 0 aliphatic carbocycles. The summed E-state index contributed by atoms with van der Waals surface area (Å²) in [6.45, 7) is 21.9. The Bertz CT molecular complexity index is 737. The van der Waals surface area contributed by atoms with E-state index in [0.29, 0.717) is 0 Å². The van der Waals surface area contributed by atoms with Gasteiger partial charge in [-0.3, -0.25) is 5.10 Å². The van der Waals surface area contributed by atoms with Crippen LogP contribution in [0, 0.1) is 0 Å². The largest absolute Gasteiger partial charge is 0.261 e. The molecule has 0 radical (unpaired) electrons. The van der Waals surface area contributed by atoms with Gasteiger partial charge in [0.2, 0.25) is 0 Å². The maximum absolute atomic E-state index is 4.74. The summed E-state index contributed by atoms with van der Waals surface area (Å²) >= 11 is 0. The number of H-pyrrole nitrogens is 1. The van der Waals surface area contributed by atoms with E-state index in [1.54, 1.807) is 0 Å². The highest BCUT2D eigenvalue weighted by molar-refractivity contribution is 5.25. The molecule has 0 bridgehead atoms. The van der Waals surface area contributed by atoms with Crippen molar-refractivity contribution in [3.05, 3.63) is 23.5 Å². The number of nitrogens with one attached hydrogen (secondary N) is 1. The van der Waals surface area contributed by atoms with Crippen LogP contribution in [0.15, 0.2) is 6.33 Å². The molecule has 2 aromatic rings. The zero-order valence-electron chi connectivity index (χ0n) is 18.2. The summed E-state index contributed by atoms with van der Waals surface area (Å²) in [7, 11) is 0. The molecule has 0 spiro atoms. The van der Waals surface area contributed by atoms with E-state index >= 15 is 0 Å². The van der Waals surface area contributed by atoms with Crippen molar-refractivity contribution in [3.8, 4) is 0 Å². The van der Waals surface area contributed by atoms with Crippen LogP contribution in [0.3, 0.4) is 0 Å². The minimum absolute atomic E-state index is 0.00133. The first kappa shape index (κ1) is 20.6. The molecule has 0 saturated carbocycles. The summed E-state index contributed by atoms with van der Waals surface area (Å²) in [4.78, 5) is 4.59. The van der Waals surface area contributed by atoms with Crippen LogP contribution >= 0.6 is 0 Å². The Morgan fingerprint density at radius 3 is 1.96 bits per heavy atom. The minimum Gasteiger partial charge on any atom is -0.261 e. The first-order valence-corrected chi connectivity index (χ1v) is 9.49. The maximum atomic E-state index is 4.74. The van der Waals surface area contributed by atoms with Crippen LogP contribution in [-0.4, -0.2) is 30.2 Å². The van der Waals surface area contributed by atoms with Gasteiger partial charge in [0.25, 0.3) is 0 Å². The van der Waals surface area contributed by atoms with Gasteiger partial charge in [-0.25, -0.2) is 9.67 Å². The van der Waals surface area contributed by atoms with Gasteiger partial charge in [-0.05, 0) is 33.6 Å². The van der Waals surface area contributed by atoms with Gasteiger partial charge in [0.05, 0.1) is 16.9 Å². The van der Waals surface area contributed by atoms with E-state index in [4.69, 9.17) is 5.10 Å². The molecule has 146 valence electrons. The fraction of sp³-hybridized carbons (Fsp3) is 0.800. The molecule has 2 heterocycles. The van der Waals surface area contributed by atoms with Crippen LogP contribution in [0.4, 0.5) is 0 Å². The number of rotatable bonds is 5. The summed E-state index contributed by atoms with van der Waals surface area (Å²) in [6, 6.07) is 0. The van der Waals surface area contributed by atoms with Crippen LogP contribution in [-0.2, 0) is 21.8 Å². The van der Waals surface area contributed by atoms with Crippen LogP contribution in [0.5, 0.6) is 0 Å². The van der Waals surface area contributed by atoms with E-state index < -0.39 is 0 Å². The molecule has 2 rings (SSSR count). The Labute approximate surface area is 158 Å². The van der Waals surface area contributed by atoms with Gasteiger partial charge in [-0.15, -0.1) is 5.10 Å². The molecule has 0 amide bonds. The van der Waals surface area contributed by atoms with Gasteiger partial charge in [0.1, 0.15) is 6.33 Å². The Hall–Kier alpha value is -1.72. The van der Waals surface area contributed by atoms with Crippen molar-refractivity contribution in [1.29, 1.82) is 0 Å². The Morgan fingerprint density at radius 1 is 0.885 bits per heavy atom. The summed E-state index contributed by atoms with van der Waals surface area (Å²) < 4.78 is 1.95. The molecule has 2 aromatic heterocycles. The average Bonchev–Trinajstić information content (AvgIpc) is 3.13. The Kier molecular flexibility index (Phi) is 5.12. The molecule has 0 atom stereocenters. The third-order valence-electron chi connectivity index (χ3n) is 5.10. The Morgan fingerprint density at radius 2 is 1.46 bits per heavy atom. The highest BCUT2D eigenvalue weighted by atomic mass is 15.4. The third-order valence-corrected chi connectivity index (χ3v) is 5.10. The molecular formula is C20H36N6. The van der Waals surface area contributed by atoms with Crippen LogP contribution in [0.25, 0.3) is 0 Å². The van der Waals surface area contributed by atoms with E-state index in [-0.39, 0.29) is 21.8 Å². The first-order chi connectivity index (χ1) is 11.6. The summed E-state index contributed by atoms with van der Waals surface area (Å²) in [5.74, 6) is 0.902. The molecule has 0 aromatic carbocycles. The zero-order chi connectivity index (χ0) is 20.0. The zero-order valence-corrected chi connectivity index (χ0v) is 18.2. The van der Waals surface area contributed by atoms with E-state index in [1.165, 1.54) is 0 Å². The molecule has 1 N–H and O–H groups in total. The highest BCUT2D eigenvalue weighted by Gasteiger charge is 2.35. The fourth-order valence-electron chi connectivity index (χ4n) is 2.98. The topological polar surface area (TPSA) is 72.3 Å². The van der Waals surface area contributed by atoms with Crippen molar-refractivity contribution in [2.75, 3.05) is 0 Å². The lowest BCUT2D eigenvalue weighted by molar-refractivity contribution is 0.329. The molecule has 0 fully saturated rings.